The monoisotopic (exact) mass is 324 g/mol. The topological polar surface area (TPSA) is 45.5 Å². The van der Waals surface area contributed by atoms with Crippen LogP contribution in [0.15, 0.2) is 24.4 Å². The zero-order chi connectivity index (χ0) is 16.4. The summed E-state index contributed by atoms with van der Waals surface area (Å²) in [6, 6.07) is 7.09. The summed E-state index contributed by atoms with van der Waals surface area (Å²) in [5.74, 6) is 0.309. The number of hydrogen-bond donors (Lipinski definition) is 1. The average molecular weight is 324 g/mol. The van der Waals surface area contributed by atoms with E-state index >= 15 is 0 Å². The normalized spacial score (nSPS) is 29.6. The van der Waals surface area contributed by atoms with E-state index in [0.29, 0.717) is 18.5 Å². The summed E-state index contributed by atoms with van der Waals surface area (Å²) in [4.78, 5) is 13.8. The van der Waals surface area contributed by atoms with E-state index in [1.807, 2.05) is 0 Å². The minimum atomic E-state index is -0.649. The fraction of sp³-hybridized carbons (Fsp3) is 0.550. The molecule has 2 fully saturated rings. The molecule has 2 heterocycles. The van der Waals surface area contributed by atoms with Crippen LogP contribution in [0.5, 0.6) is 0 Å². The van der Waals surface area contributed by atoms with Gasteiger partial charge in [0, 0.05) is 42.1 Å². The van der Waals surface area contributed by atoms with Gasteiger partial charge in [0.2, 0.25) is 0 Å². The van der Waals surface area contributed by atoms with Gasteiger partial charge in [-0.2, -0.15) is 0 Å². The third kappa shape index (κ3) is 2.12. The van der Waals surface area contributed by atoms with Gasteiger partial charge in [-0.25, -0.2) is 0 Å². The number of aromatic nitrogens is 1. The second kappa shape index (κ2) is 5.09. The smallest absolute Gasteiger partial charge is 0.307 e. The summed E-state index contributed by atoms with van der Waals surface area (Å²) < 4.78 is 2.46. The number of nitrogens with zero attached hydrogens (tertiary/aromatic N) is 2. The molecule has 4 heteroatoms. The van der Waals surface area contributed by atoms with Crippen LogP contribution in [0.25, 0.3) is 10.9 Å². The quantitative estimate of drug-likeness (QED) is 0.943. The lowest BCUT2D eigenvalue weighted by molar-refractivity contribution is -0.144. The number of aliphatic carboxylic acids is 1. The molecule has 4 nitrogen and oxygen atoms in total. The predicted molar refractivity (Wildman–Crippen MR) is 93.3 cm³/mol. The Kier molecular flexibility index (Phi) is 3.08. The van der Waals surface area contributed by atoms with E-state index in [9.17, 15) is 9.90 Å². The van der Waals surface area contributed by atoms with Crippen molar-refractivity contribution >= 4 is 16.9 Å². The van der Waals surface area contributed by atoms with Crippen LogP contribution < -0.4 is 0 Å². The molecule has 1 aliphatic heterocycles. The third-order valence-corrected chi connectivity index (χ3v) is 6.42. The van der Waals surface area contributed by atoms with E-state index in [4.69, 9.17) is 0 Å². The Morgan fingerprint density at radius 2 is 2.17 bits per heavy atom. The Labute approximate surface area is 142 Å². The molecule has 1 N–H and O–H groups in total. The molecule has 24 heavy (non-hydrogen) atoms. The van der Waals surface area contributed by atoms with Crippen LogP contribution >= 0.6 is 0 Å². The summed E-state index contributed by atoms with van der Waals surface area (Å²) >= 11 is 0. The van der Waals surface area contributed by atoms with Crippen molar-refractivity contribution in [2.75, 3.05) is 13.6 Å². The molecule has 0 unspecified atom stereocenters. The summed E-state index contributed by atoms with van der Waals surface area (Å²) in [7, 11) is 2.10. The van der Waals surface area contributed by atoms with Crippen LogP contribution in [0.1, 0.15) is 36.3 Å². The van der Waals surface area contributed by atoms with E-state index in [0.717, 1.165) is 25.3 Å². The molecule has 0 spiro atoms. The first-order chi connectivity index (χ1) is 11.6. The number of likely N-dealkylation sites (tertiary alicyclic amines) is 1. The Hall–Kier alpha value is -1.81. The van der Waals surface area contributed by atoms with Crippen LogP contribution in [0, 0.1) is 11.8 Å². The zero-order valence-electron chi connectivity index (χ0n) is 14.1. The molecule has 0 bridgehead atoms. The molecule has 1 saturated heterocycles. The Balaban J connectivity index is 1.61. The predicted octanol–water partition coefficient (Wildman–Crippen LogP) is 3.10. The van der Waals surface area contributed by atoms with Gasteiger partial charge in [-0.05, 0) is 55.8 Å². The number of carboxylic acid groups (broad SMARTS) is 1. The molecule has 2 aromatic rings. The highest BCUT2D eigenvalue weighted by atomic mass is 16.4. The molecule has 2 aliphatic carbocycles. The van der Waals surface area contributed by atoms with Crippen LogP contribution in [0.3, 0.4) is 0 Å². The van der Waals surface area contributed by atoms with Crippen LogP contribution in [-0.4, -0.2) is 40.2 Å². The first-order valence-electron chi connectivity index (χ1n) is 9.15. The fourth-order valence-electron chi connectivity index (χ4n) is 5.03. The number of fused-ring (bicyclic) bond motifs is 2. The molecule has 1 aromatic heterocycles. The number of benzene rings is 1. The summed E-state index contributed by atoms with van der Waals surface area (Å²) in [6.45, 7) is 1.81. The van der Waals surface area contributed by atoms with Crippen molar-refractivity contribution in [3.8, 4) is 0 Å². The van der Waals surface area contributed by atoms with Crippen molar-refractivity contribution < 1.29 is 9.90 Å². The van der Waals surface area contributed by atoms with Gasteiger partial charge in [-0.15, -0.1) is 0 Å². The van der Waals surface area contributed by atoms with Gasteiger partial charge >= 0.3 is 5.97 Å². The molecule has 1 saturated carbocycles. The zero-order valence-corrected chi connectivity index (χ0v) is 14.1. The minimum absolute atomic E-state index is 0.249. The van der Waals surface area contributed by atoms with Crippen LogP contribution in [0.4, 0.5) is 0 Å². The SMILES string of the molecule is CN1C[C@H](C(=O)O)C[C@@H]2c3cccc4c3c(cn4CC3CC3)C[C@H]21. The first-order valence-corrected chi connectivity index (χ1v) is 9.15. The summed E-state index contributed by atoms with van der Waals surface area (Å²) in [5, 5.41) is 10.9. The van der Waals surface area contributed by atoms with Crippen LogP contribution in [-0.2, 0) is 17.8 Å². The molecular formula is C20H24N2O2. The lowest BCUT2D eigenvalue weighted by atomic mass is 9.72. The molecule has 3 aliphatic rings. The van der Waals surface area contributed by atoms with E-state index in [1.54, 1.807) is 0 Å². The third-order valence-electron chi connectivity index (χ3n) is 6.42. The molecule has 3 atom stereocenters. The largest absolute Gasteiger partial charge is 0.481 e. The number of carbonyl (C=O) groups is 1. The fourth-order valence-corrected chi connectivity index (χ4v) is 5.03. The number of hydrogen-bond acceptors (Lipinski definition) is 2. The Morgan fingerprint density at radius 3 is 2.92 bits per heavy atom. The first kappa shape index (κ1) is 14.5. The van der Waals surface area contributed by atoms with Crippen LogP contribution in [0.2, 0.25) is 0 Å². The maximum atomic E-state index is 11.6. The molecule has 0 radical (unpaired) electrons. The van der Waals surface area contributed by atoms with Crippen molar-refractivity contribution in [2.24, 2.45) is 11.8 Å². The standard InChI is InChI=1S/C20H24N2O2/c1-21-10-14(20(23)24)7-16-15-3-2-4-17-19(15)13(8-18(16)21)11-22(17)9-12-5-6-12/h2-4,11-12,14,16,18H,5-10H2,1H3,(H,23,24)/t14-,16-,18-/m1/s1. The van der Waals surface area contributed by atoms with E-state index in [1.165, 1.54) is 34.9 Å². The lowest BCUT2D eigenvalue weighted by Gasteiger charge is -2.44. The van der Waals surface area contributed by atoms with Gasteiger partial charge in [0.05, 0.1) is 5.92 Å². The van der Waals surface area contributed by atoms with E-state index < -0.39 is 5.97 Å². The number of piperidine rings is 1. The van der Waals surface area contributed by atoms with E-state index in [2.05, 4.69) is 40.9 Å². The van der Waals surface area contributed by atoms with Crippen molar-refractivity contribution in [1.29, 1.82) is 0 Å². The maximum Gasteiger partial charge on any atom is 0.307 e. The van der Waals surface area contributed by atoms with Gasteiger partial charge in [0.25, 0.3) is 0 Å². The van der Waals surface area contributed by atoms with Crippen molar-refractivity contribution in [1.82, 2.24) is 9.47 Å². The second-order valence-corrected chi connectivity index (χ2v) is 8.08. The second-order valence-electron chi connectivity index (χ2n) is 8.08. The lowest BCUT2D eigenvalue weighted by Crippen LogP contribution is -2.49. The highest BCUT2D eigenvalue weighted by Gasteiger charge is 2.41. The van der Waals surface area contributed by atoms with Crippen molar-refractivity contribution in [3.05, 3.63) is 35.5 Å². The summed E-state index contributed by atoms with van der Waals surface area (Å²) in [6.07, 6.45) is 6.93. The van der Waals surface area contributed by atoms with E-state index in [-0.39, 0.29) is 5.92 Å². The Morgan fingerprint density at radius 1 is 1.33 bits per heavy atom. The van der Waals surface area contributed by atoms with Gasteiger partial charge in [0.15, 0.2) is 0 Å². The van der Waals surface area contributed by atoms with Crippen molar-refractivity contribution in [2.45, 2.75) is 44.2 Å². The number of carboxylic acids is 1. The summed E-state index contributed by atoms with van der Waals surface area (Å²) in [5.41, 5.74) is 4.20. The highest BCUT2D eigenvalue weighted by Crippen LogP contribution is 2.45. The molecule has 1 aromatic carbocycles. The molecular weight excluding hydrogens is 300 g/mol. The highest BCUT2D eigenvalue weighted by molar-refractivity contribution is 5.89. The van der Waals surface area contributed by atoms with Gasteiger partial charge in [-0.1, -0.05) is 12.1 Å². The van der Waals surface area contributed by atoms with Crippen molar-refractivity contribution in [3.63, 3.8) is 0 Å². The van der Waals surface area contributed by atoms with Gasteiger partial charge in [0.1, 0.15) is 0 Å². The number of likely N-dealkylation sites (N-methyl/N-ethyl adjacent to an activating group) is 1. The average Bonchev–Trinajstić information content (AvgIpc) is 3.31. The number of rotatable bonds is 3. The molecule has 0 amide bonds. The molecule has 5 rings (SSSR count). The Bertz CT molecular complexity index is 820. The van der Waals surface area contributed by atoms with Gasteiger partial charge in [-0.3, -0.25) is 4.79 Å². The van der Waals surface area contributed by atoms with Gasteiger partial charge < -0.3 is 14.6 Å². The molecule has 126 valence electrons. The minimum Gasteiger partial charge on any atom is -0.481 e. The maximum absolute atomic E-state index is 11.6.